The summed E-state index contributed by atoms with van der Waals surface area (Å²) in [6.45, 7) is 2.18. The van der Waals surface area contributed by atoms with Crippen molar-refractivity contribution in [1.29, 1.82) is 0 Å². The molecule has 0 aliphatic carbocycles. The molecule has 15 heavy (non-hydrogen) atoms. The Balaban J connectivity index is 2.53. The van der Waals surface area contributed by atoms with Crippen LogP contribution in [0.4, 0.5) is 18.9 Å². The quantitative estimate of drug-likeness (QED) is 0.836. The lowest BCUT2D eigenvalue weighted by Gasteiger charge is -2.09. The van der Waals surface area contributed by atoms with Gasteiger partial charge >= 0.3 is 6.18 Å². The summed E-state index contributed by atoms with van der Waals surface area (Å²) in [5, 5.41) is 2.79. The average Bonchev–Trinajstić information content (AvgIpc) is 2.16. The van der Waals surface area contributed by atoms with Crippen molar-refractivity contribution in [2.75, 3.05) is 11.9 Å². The number of hydrogen-bond donors (Lipinski definition) is 1. The summed E-state index contributed by atoms with van der Waals surface area (Å²) in [5.74, 6) is 0.182. The van der Waals surface area contributed by atoms with Crippen molar-refractivity contribution in [3.63, 3.8) is 0 Å². The normalized spacial score (nSPS) is 10.9. The number of anilines is 1. The minimum absolute atomic E-state index is 0.182. The van der Waals surface area contributed by atoms with Crippen LogP contribution in [0.2, 0.25) is 0 Å². The second-order valence-electron chi connectivity index (χ2n) is 2.78. The predicted octanol–water partition coefficient (Wildman–Crippen LogP) is 3.18. The maximum absolute atomic E-state index is 11.8. The summed E-state index contributed by atoms with van der Waals surface area (Å²) in [6.07, 6.45) is -2.83. The number of benzene rings is 1. The van der Waals surface area contributed by atoms with Crippen LogP contribution in [0.15, 0.2) is 37.0 Å². The van der Waals surface area contributed by atoms with Crippen molar-refractivity contribution in [2.45, 2.75) is 6.18 Å². The van der Waals surface area contributed by atoms with Crippen LogP contribution in [-0.4, -0.2) is 12.8 Å². The van der Waals surface area contributed by atoms with Gasteiger partial charge in [-0.15, -0.1) is 0 Å². The highest BCUT2D eigenvalue weighted by molar-refractivity contribution is 5.47. The van der Waals surface area contributed by atoms with Gasteiger partial charge in [-0.1, -0.05) is 6.58 Å². The highest BCUT2D eigenvalue weighted by Crippen LogP contribution is 2.20. The maximum Gasteiger partial charge on any atom is 0.422 e. The first-order chi connectivity index (χ1) is 7.01. The molecule has 1 aromatic rings. The minimum Gasteiger partial charge on any atom is -0.484 e. The summed E-state index contributed by atoms with van der Waals surface area (Å²) in [6, 6.07) is 6.12. The molecule has 1 rings (SSSR count). The Morgan fingerprint density at radius 3 is 2.33 bits per heavy atom. The van der Waals surface area contributed by atoms with Crippen molar-refractivity contribution < 1.29 is 17.9 Å². The monoisotopic (exact) mass is 217 g/mol. The van der Waals surface area contributed by atoms with E-state index in [9.17, 15) is 13.2 Å². The number of rotatable bonds is 4. The van der Waals surface area contributed by atoms with E-state index in [0.29, 0.717) is 0 Å². The largest absolute Gasteiger partial charge is 0.484 e. The molecule has 0 radical (unpaired) electrons. The van der Waals surface area contributed by atoms with Gasteiger partial charge in [0.05, 0.1) is 0 Å². The van der Waals surface area contributed by atoms with Crippen molar-refractivity contribution in [2.24, 2.45) is 0 Å². The molecule has 82 valence electrons. The molecule has 1 N–H and O–H groups in total. The average molecular weight is 217 g/mol. The smallest absolute Gasteiger partial charge is 0.422 e. The molecule has 2 nitrogen and oxygen atoms in total. The van der Waals surface area contributed by atoms with Gasteiger partial charge in [0.15, 0.2) is 6.61 Å². The molecule has 5 heteroatoms. The minimum atomic E-state index is -4.31. The molecule has 0 amide bonds. The molecule has 0 saturated carbocycles. The van der Waals surface area contributed by atoms with E-state index in [1.807, 2.05) is 0 Å². The second-order valence-corrected chi connectivity index (χ2v) is 2.78. The lowest BCUT2D eigenvalue weighted by molar-refractivity contribution is -0.153. The second kappa shape index (κ2) is 4.72. The van der Waals surface area contributed by atoms with E-state index < -0.39 is 12.8 Å². The van der Waals surface area contributed by atoms with E-state index in [0.717, 1.165) is 5.69 Å². The molecule has 0 heterocycles. The number of hydrogen-bond acceptors (Lipinski definition) is 2. The van der Waals surface area contributed by atoms with E-state index in [-0.39, 0.29) is 5.75 Å². The molecular formula is C10H10F3NO. The Morgan fingerprint density at radius 2 is 1.87 bits per heavy atom. The standard InChI is InChI=1S/C10H10F3NO/c1-2-14-8-3-5-9(6-4-8)15-7-10(11,12)13/h2-6,14H,1,7H2. The number of alkyl halides is 3. The van der Waals surface area contributed by atoms with Gasteiger partial charge in [0, 0.05) is 5.69 Å². The van der Waals surface area contributed by atoms with Gasteiger partial charge in [0.25, 0.3) is 0 Å². The number of nitrogens with one attached hydrogen (secondary N) is 1. The molecule has 0 atom stereocenters. The van der Waals surface area contributed by atoms with Crippen molar-refractivity contribution in [1.82, 2.24) is 0 Å². The summed E-state index contributed by atoms with van der Waals surface area (Å²) in [7, 11) is 0. The van der Waals surface area contributed by atoms with Gasteiger partial charge < -0.3 is 10.1 Å². The first-order valence-electron chi connectivity index (χ1n) is 4.18. The van der Waals surface area contributed by atoms with Crippen LogP contribution in [0, 0.1) is 0 Å². The SMILES string of the molecule is C=CNc1ccc(OCC(F)(F)F)cc1. The van der Waals surface area contributed by atoms with Crippen LogP contribution in [-0.2, 0) is 0 Å². The van der Waals surface area contributed by atoms with Gasteiger partial charge in [-0.05, 0) is 30.5 Å². The van der Waals surface area contributed by atoms with Crippen LogP contribution >= 0.6 is 0 Å². The predicted molar refractivity (Wildman–Crippen MR) is 51.8 cm³/mol. The molecule has 0 saturated heterocycles. The lowest BCUT2D eigenvalue weighted by atomic mass is 10.3. The topological polar surface area (TPSA) is 21.3 Å². The van der Waals surface area contributed by atoms with Gasteiger partial charge in [0.2, 0.25) is 0 Å². The first kappa shape index (κ1) is 11.4. The zero-order chi connectivity index (χ0) is 11.3. The molecule has 0 bridgehead atoms. The first-order valence-corrected chi connectivity index (χ1v) is 4.18. The Bertz CT molecular complexity index is 318. The van der Waals surface area contributed by atoms with Crippen LogP contribution in [0.5, 0.6) is 5.75 Å². The Labute approximate surface area is 85.4 Å². The third-order valence-electron chi connectivity index (χ3n) is 1.53. The van der Waals surface area contributed by atoms with Crippen molar-refractivity contribution in [3.8, 4) is 5.75 Å². The zero-order valence-electron chi connectivity index (χ0n) is 7.84. The Morgan fingerprint density at radius 1 is 1.27 bits per heavy atom. The zero-order valence-corrected chi connectivity index (χ0v) is 7.84. The van der Waals surface area contributed by atoms with Crippen molar-refractivity contribution in [3.05, 3.63) is 37.0 Å². The highest BCUT2D eigenvalue weighted by Gasteiger charge is 2.28. The summed E-state index contributed by atoms with van der Waals surface area (Å²) in [4.78, 5) is 0. The summed E-state index contributed by atoms with van der Waals surface area (Å²) >= 11 is 0. The fourth-order valence-electron chi connectivity index (χ4n) is 0.930. The number of ether oxygens (including phenoxy) is 1. The van der Waals surface area contributed by atoms with E-state index in [4.69, 9.17) is 0 Å². The maximum atomic E-state index is 11.8. The van der Waals surface area contributed by atoms with E-state index >= 15 is 0 Å². The number of halogens is 3. The summed E-state index contributed by atoms with van der Waals surface area (Å²) in [5.41, 5.74) is 0.740. The molecular weight excluding hydrogens is 207 g/mol. The molecule has 0 aliphatic heterocycles. The highest BCUT2D eigenvalue weighted by atomic mass is 19.4. The molecule has 0 spiro atoms. The third-order valence-corrected chi connectivity index (χ3v) is 1.53. The fraction of sp³-hybridized carbons (Fsp3) is 0.200. The van der Waals surface area contributed by atoms with Crippen LogP contribution in [0.3, 0.4) is 0 Å². The molecule has 0 aliphatic rings. The molecule has 0 unspecified atom stereocenters. The van der Waals surface area contributed by atoms with Gasteiger partial charge in [-0.3, -0.25) is 0 Å². The van der Waals surface area contributed by atoms with E-state index in [2.05, 4.69) is 16.6 Å². The van der Waals surface area contributed by atoms with Gasteiger partial charge in [0.1, 0.15) is 5.75 Å². The van der Waals surface area contributed by atoms with Crippen LogP contribution in [0.1, 0.15) is 0 Å². The molecule has 1 aromatic carbocycles. The van der Waals surface area contributed by atoms with Crippen molar-refractivity contribution >= 4 is 5.69 Å². The Hall–Kier alpha value is -1.65. The van der Waals surface area contributed by atoms with Gasteiger partial charge in [-0.25, -0.2) is 0 Å². The van der Waals surface area contributed by atoms with Gasteiger partial charge in [-0.2, -0.15) is 13.2 Å². The van der Waals surface area contributed by atoms with Crippen LogP contribution < -0.4 is 10.1 Å². The third kappa shape index (κ3) is 4.39. The fourth-order valence-corrected chi connectivity index (χ4v) is 0.930. The lowest BCUT2D eigenvalue weighted by Crippen LogP contribution is -2.19. The molecule has 0 aromatic heterocycles. The van der Waals surface area contributed by atoms with Crippen LogP contribution in [0.25, 0.3) is 0 Å². The summed E-state index contributed by atoms with van der Waals surface area (Å²) < 4.78 is 39.9. The van der Waals surface area contributed by atoms with E-state index in [1.165, 1.54) is 18.3 Å². The van der Waals surface area contributed by atoms with E-state index in [1.54, 1.807) is 12.1 Å². The molecule has 0 fully saturated rings. The Kier molecular flexibility index (Phi) is 3.60.